The summed E-state index contributed by atoms with van der Waals surface area (Å²) in [4.78, 5) is 29.4. The van der Waals surface area contributed by atoms with Crippen LogP contribution < -0.4 is 11.0 Å². The van der Waals surface area contributed by atoms with Crippen LogP contribution in [0.1, 0.15) is 32.3 Å². The molecule has 1 atom stereocenters. The number of carbonyl (C=O) groups excluding carboxylic acids is 1. The smallest absolute Gasteiger partial charge is 0.323 e. The number of rotatable bonds is 8. The van der Waals surface area contributed by atoms with E-state index >= 15 is 0 Å². The summed E-state index contributed by atoms with van der Waals surface area (Å²) in [6, 6.07) is 13.3. The first kappa shape index (κ1) is 20.9. The fraction of sp³-hybridized carbons (Fsp3) is 0.286. The molecule has 0 spiro atoms. The van der Waals surface area contributed by atoms with Crippen molar-refractivity contribution in [3.05, 3.63) is 58.5 Å². The number of imidazole rings is 1. The van der Waals surface area contributed by atoms with Crippen molar-refractivity contribution >= 4 is 34.4 Å². The van der Waals surface area contributed by atoms with E-state index in [0.29, 0.717) is 21.9 Å². The molecule has 4 rings (SSSR count). The van der Waals surface area contributed by atoms with E-state index in [1.165, 1.54) is 17.3 Å². The number of H-pyrrole nitrogens is 2. The minimum absolute atomic E-state index is 0.188. The van der Waals surface area contributed by atoms with Gasteiger partial charge in [0.05, 0.1) is 22.0 Å². The summed E-state index contributed by atoms with van der Waals surface area (Å²) in [5.41, 5.74) is 3.76. The summed E-state index contributed by atoms with van der Waals surface area (Å²) in [5.74, 6) is -0.188. The van der Waals surface area contributed by atoms with Crippen molar-refractivity contribution in [3.8, 4) is 5.69 Å². The Morgan fingerprint density at radius 2 is 1.94 bits per heavy atom. The number of amides is 1. The molecule has 0 saturated carbocycles. The average Bonchev–Trinajstić information content (AvgIpc) is 3.37. The van der Waals surface area contributed by atoms with Crippen LogP contribution in [0, 0.1) is 0 Å². The van der Waals surface area contributed by atoms with Crippen molar-refractivity contribution in [2.45, 2.75) is 43.5 Å². The predicted octanol–water partition coefficient (Wildman–Crippen LogP) is 3.29. The molecule has 2 aromatic heterocycles. The maximum Gasteiger partial charge on any atom is 0.323 e. The van der Waals surface area contributed by atoms with Gasteiger partial charge in [-0.15, -0.1) is 5.10 Å². The fourth-order valence-electron chi connectivity index (χ4n) is 3.16. The van der Waals surface area contributed by atoms with Crippen LogP contribution in [0.4, 0.5) is 5.69 Å². The number of aromatic nitrogens is 6. The molecule has 2 aromatic carbocycles. The van der Waals surface area contributed by atoms with E-state index in [-0.39, 0.29) is 11.6 Å². The molecule has 0 saturated heterocycles. The molecule has 0 aliphatic heterocycles. The van der Waals surface area contributed by atoms with Crippen LogP contribution in [0.15, 0.2) is 52.4 Å². The number of thioether (sulfide) groups is 1. The molecular weight excluding hydrogens is 414 g/mol. The standard InChI is InChI=1S/C21H23N7O2S/c1-3-4-5-14-6-9-16(10-7-14)28-21(25-26-27-28)31-13(2)19(29)22-15-8-11-17-18(12-15)24-20(30)23-17/h6-13H,3-5H2,1-2H3,(H,22,29)(H2,23,24,30). The molecule has 31 heavy (non-hydrogen) atoms. The van der Waals surface area contributed by atoms with E-state index < -0.39 is 5.25 Å². The van der Waals surface area contributed by atoms with Gasteiger partial charge in [0.25, 0.3) is 0 Å². The molecular formula is C21H23N7O2S. The van der Waals surface area contributed by atoms with E-state index in [9.17, 15) is 9.59 Å². The second-order valence-electron chi connectivity index (χ2n) is 7.23. The van der Waals surface area contributed by atoms with Gasteiger partial charge in [0.15, 0.2) is 0 Å². The molecule has 9 nitrogen and oxygen atoms in total. The Kier molecular flexibility index (Phi) is 6.17. The summed E-state index contributed by atoms with van der Waals surface area (Å²) in [6.45, 7) is 3.97. The number of aromatic amines is 2. The fourth-order valence-corrected chi connectivity index (χ4v) is 3.97. The van der Waals surface area contributed by atoms with Crippen molar-refractivity contribution in [1.82, 2.24) is 30.2 Å². The van der Waals surface area contributed by atoms with Crippen molar-refractivity contribution in [2.75, 3.05) is 5.32 Å². The van der Waals surface area contributed by atoms with Gasteiger partial charge in [-0.2, -0.15) is 4.68 Å². The highest BCUT2D eigenvalue weighted by Crippen LogP contribution is 2.24. The zero-order valence-electron chi connectivity index (χ0n) is 17.3. The second kappa shape index (κ2) is 9.17. The molecule has 160 valence electrons. The highest BCUT2D eigenvalue weighted by molar-refractivity contribution is 8.00. The zero-order valence-corrected chi connectivity index (χ0v) is 18.1. The van der Waals surface area contributed by atoms with Crippen molar-refractivity contribution < 1.29 is 4.79 Å². The van der Waals surface area contributed by atoms with E-state index in [1.807, 2.05) is 12.1 Å². The van der Waals surface area contributed by atoms with Gasteiger partial charge in [0.2, 0.25) is 11.1 Å². The monoisotopic (exact) mass is 437 g/mol. The van der Waals surface area contributed by atoms with Crippen LogP contribution in [-0.2, 0) is 11.2 Å². The van der Waals surface area contributed by atoms with Gasteiger partial charge >= 0.3 is 5.69 Å². The Morgan fingerprint density at radius 3 is 2.71 bits per heavy atom. The molecule has 0 fully saturated rings. The summed E-state index contributed by atoms with van der Waals surface area (Å²) < 4.78 is 1.63. The number of tetrazole rings is 1. The lowest BCUT2D eigenvalue weighted by Gasteiger charge is -2.12. The topological polar surface area (TPSA) is 121 Å². The third-order valence-corrected chi connectivity index (χ3v) is 5.91. The zero-order chi connectivity index (χ0) is 21.8. The van der Waals surface area contributed by atoms with E-state index in [1.54, 1.807) is 29.8 Å². The third-order valence-electron chi connectivity index (χ3n) is 4.88. The number of benzene rings is 2. The molecule has 10 heteroatoms. The Labute approximate surface area is 182 Å². The first-order valence-electron chi connectivity index (χ1n) is 10.1. The number of carbonyl (C=O) groups is 1. The molecule has 0 radical (unpaired) electrons. The first-order chi connectivity index (χ1) is 15.0. The van der Waals surface area contributed by atoms with Crippen LogP contribution in [0.5, 0.6) is 0 Å². The number of nitrogens with one attached hydrogen (secondary N) is 3. The minimum Gasteiger partial charge on any atom is -0.325 e. The van der Waals surface area contributed by atoms with Crippen LogP contribution >= 0.6 is 11.8 Å². The normalized spacial score (nSPS) is 12.2. The van der Waals surface area contributed by atoms with Crippen molar-refractivity contribution in [2.24, 2.45) is 0 Å². The number of nitrogens with zero attached hydrogens (tertiary/aromatic N) is 4. The van der Waals surface area contributed by atoms with Crippen LogP contribution in [-0.4, -0.2) is 41.3 Å². The maximum absolute atomic E-state index is 12.7. The molecule has 1 amide bonds. The maximum atomic E-state index is 12.7. The molecule has 0 aliphatic carbocycles. The Bertz CT molecular complexity index is 1240. The van der Waals surface area contributed by atoms with Gasteiger partial charge in [0.1, 0.15) is 0 Å². The number of unbranched alkanes of at least 4 members (excludes halogenated alkanes) is 1. The number of hydrogen-bond donors (Lipinski definition) is 3. The second-order valence-corrected chi connectivity index (χ2v) is 8.54. The number of hydrogen-bond acceptors (Lipinski definition) is 6. The lowest BCUT2D eigenvalue weighted by molar-refractivity contribution is -0.115. The molecule has 0 bridgehead atoms. The molecule has 4 aromatic rings. The Morgan fingerprint density at radius 1 is 1.16 bits per heavy atom. The first-order valence-corrected chi connectivity index (χ1v) is 11.0. The average molecular weight is 438 g/mol. The summed E-state index contributed by atoms with van der Waals surface area (Å²) in [7, 11) is 0. The number of anilines is 1. The van der Waals surface area contributed by atoms with Gasteiger partial charge < -0.3 is 15.3 Å². The summed E-state index contributed by atoms with van der Waals surface area (Å²) >= 11 is 1.28. The Hall–Kier alpha value is -3.40. The van der Waals surface area contributed by atoms with Crippen LogP contribution in [0.2, 0.25) is 0 Å². The third kappa shape index (κ3) is 4.85. The van der Waals surface area contributed by atoms with E-state index in [0.717, 1.165) is 24.9 Å². The lowest BCUT2D eigenvalue weighted by atomic mass is 10.1. The van der Waals surface area contributed by atoms with Crippen molar-refractivity contribution in [1.29, 1.82) is 0 Å². The molecule has 1 unspecified atom stereocenters. The molecule has 2 heterocycles. The van der Waals surface area contributed by atoms with Gasteiger partial charge in [-0.1, -0.05) is 37.2 Å². The minimum atomic E-state index is -0.436. The van der Waals surface area contributed by atoms with E-state index in [2.05, 4.69) is 49.9 Å². The van der Waals surface area contributed by atoms with Crippen molar-refractivity contribution in [3.63, 3.8) is 0 Å². The number of fused-ring (bicyclic) bond motifs is 1. The van der Waals surface area contributed by atoms with Gasteiger partial charge in [-0.25, -0.2) is 4.79 Å². The quantitative estimate of drug-likeness (QED) is 0.364. The lowest BCUT2D eigenvalue weighted by Crippen LogP contribution is -2.22. The largest absolute Gasteiger partial charge is 0.325 e. The van der Waals surface area contributed by atoms with Gasteiger partial charge in [-0.05, 0) is 66.1 Å². The molecule has 3 N–H and O–H groups in total. The summed E-state index contributed by atoms with van der Waals surface area (Å²) in [6.07, 6.45) is 3.37. The van der Waals surface area contributed by atoms with Gasteiger partial charge in [0, 0.05) is 5.69 Å². The SMILES string of the molecule is CCCCc1ccc(-n2nnnc2SC(C)C(=O)Nc2ccc3[nH]c(=O)[nH]c3c2)cc1. The van der Waals surface area contributed by atoms with Crippen LogP contribution in [0.25, 0.3) is 16.7 Å². The summed E-state index contributed by atoms with van der Waals surface area (Å²) in [5, 5.41) is 14.9. The van der Waals surface area contributed by atoms with Gasteiger partial charge in [-0.3, -0.25) is 4.79 Å². The van der Waals surface area contributed by atoms with Crippen LogP contribution in [0.3, 0.4) is 0 Å². The number of aryl methyl sites for hydroxylation is 1. The molecule has 0 aliphatic rings. The van der Waals surface area contributed by atoms with E-state index in [4.69, 9.17) is 0 Å². The highest BCUT2D eigenvalue weighted by atomic mass is 32.2. The Balaban J connectivity index is 1.43. The predicted molar refractivity (Wildman–Crippen MR) is 121 cm³/mol. The highest BCUT2D eigenvalue weighted by Gasteiger charge is 2.19.